The minimum absolute atomic E-state index is 0.0933. The Hall–Kier alpha value is -0.180. The first-order valence-corrected chi connectivity index (χ1v) is 5.13. The Morgan fingerprint density at radius 1 is 1.38 bits per heavy atom. The molecule has 0 saturated carbocycles. The molecule has 0 bridgehead atoms. The van der Waals surface area contributed by atoms with Crippen LogP contribution in [-0.4, -0.2) is 17.9 Å². The van der Waals surface area contributed by atoms with Gasteiger partial charge in [0.1, 0.15) is 0 Å². The van der Waals surface area contributed by atoms with Crippen LogP contribution < -0.4 is 0 Å². The number of hydrogen-bond acceptors (Lipinski definition) is 2. The summed E-state index contributed by atoms with van der Waals surface area (Å²) < 4.78 is 1.85. The molecule has 1 atom stereocenters. The van der Waals surface area contributed by atoms with Crippen LogP contribution >= 0.6 is 24.4 Å². The Labute approximate surface area is 90.2 Å². The number of benzene rings is 1. The zero-order valence-corrected chi connectivity index (χ0v) is 9.30. The molecule has 0 N–H and O–H groups in total. The van der Waals surface area contributed by atoms with Gasteiger partial charge in [-0.15, -0.1) is 11.6 Å². The molecule has 1 aromatic rings. The zero-order chi connectivity index (χ0) is 9.68. The summed E-state index contributed by atoms with van der Waals surface area (Å²) in [6.07, 6.45) is 0.922. The van der Waals surface area contributed by atoms with Gasteiger partial charge < -0.3 is 0 Å². The van der Waals surface area contributed by atoms with Crippen LogP contribution in [0.15, 0.2) is 30.3 Å². The van der Waals surface area contributed by atoms with Crippen LogP contribution in [0, 0.1) is 0 Å². The predicted molar refractivity (Wildman–Crippen MR) is 61.3 cm³/mol. The minimum atomic E-state index is 0.0933. The van der Waals surface area contributed by atoms with E-state index in [1.807, 2.05) is 29.6 Å². The van der Waals surface area contributed by atoms with Gasteiger partial charge in [0.05, 0.1) is 5.38 Å². The Bertz CT molecular complexity index is 238. The highest BCUT2D eigenvalue weighted by molar-refractivity contribution is 7.77. The highest BCUT2D eigenvalue weighted by atomic mass is 35.5. The van der Waals surface area contributed by atoms with E-state index in [0.29, 0.717) is 0 Å². The van der Waals surface area contributed by atoms with Crippen molar-refractivity contribution in [2.45, 2.75) is 11.8 Å². The quantitative estimate of drug-likeness (QED) is 0.597. The van der Waals surface area contributed by atoms with Gasteiger partial charge in [0.2, 0.25) is 0 Å². The van der Waals surface area contributed by atoms with Crippen LogP contribution in [0.3, 0.4) is 0 Å². The average molecular weight is 216 g/mol. The molecular weight excluding hydrogens is 202 g/mol. The van der Waals surface area contributed by atoms with Crippen molar-refractivity contribution in [2.24, 2.45) is 0 Å². The first kappa shape index (κ1) is 10.9. The van der Waals surface area contributed by atoms with Crippen molar-refractivity contribution in [3.63, 3.8) is 0 Å². The van der Waals surface area contributed by atoms with Gasteiger partial charge in [-0.2, -0.15) is 0 Å². The summed E-state index contributed by atoms with van der Waals surface area (Å²) in [6, 6.07) is 10.1. The van der Waals surface area contributed by atoms with Gasteiger partial charge in [-0.25, -0.2) is 0 Å². The highest BCUT2D eigenvalue weighted by Gasteiger charge is 2.06. The van der Waals surface area contributed by atoms with E-state index in [0.717, 1.165) is 13.0 Å². The van der Waals surface area contributed by atoms with Crippen molar-refractivity contribution in [1.82, 2.24) is 4.31 Å². The van der Waals surface area contributed by atoms with E-state index in [1.54, 1.807) is 0 Å². The highest BCUT2D eigenvalue weighted by Crippen LogP contribution is 2.23. The lowest BCUT2D eigenvalue weighted by Crippen LogP contribution is -2.08. The lowest BCUT2D eigenvalue weighted by molar-refractivity contribution is 0.543. The zero-order valence-electron chi connectivity index (χ0n) is 7.65. The van der Waals surface area contributed by atoms with Crippen LogP contribution in [0.25, 0.3) is 0 Å². The molecule has 0 saturated heterocycles. The van der Waals surface area contributed by atoms with Crippen LogP contribution in [0.2, 0.25) is 0 Å². The predicted octanol–water partition coefficient (Wildman–Crippen LogP) is 3.13. The van der Waals surface area contributed by atoms with Crippen molar-refractivity contribution < 1.29 is 0 Å². The molecule has 1 nitrogen and oxygen atoms in total. The number of halogens is 1. The van der Waals surface area contributed by atoms with Gasteiger partial charge in [-0.05, 0) is 19.0 Å². The first-order valence-electron chi connectivity index (χ1n) is 4.29. The molecule has 72 valence electrons. The third-order valence-electron chi connectivity index (χ3n) is 1.87. The summed E-state index contributed by atoms with van der Waals surface area (Å²) in [6.45, 7) is 0.895. The fourth-order valence-corrected chi connectivity index (χ4v) is 1.49. The molecule has 0 aliphatic carbocycles. The largest absolute Gasteiger partial charge is 0.256 e. The first-order chi connectivity index (χ1) is 6.20. The topological polar surface area (TPSA) is 3.24 Å². The van der Waals surface area contributed by atoms with Gasteiger partial charge in [0.15, 0.2) is 0 Å². The summed E-state index contributed by atoms with van der Waals surface area (Å²) in [5, 5.41) is 0.0933. The van der Waals surface area contributed by atoms with Gasteiger partial charge >= 0.3 is 0 Å². The number of thiol groups is 1. The van der Waals surface area contributed by atoms with Crippen molar-refractivity contribution >= 4 is 24.4 Å². The smallest absolute Gasteiger partial charge is 0.0597 e. The summed E-state index contributed by atoms with van der Waals surface area (Å²) in [4.78, 5) is 0. The van der Waals surface area contributed by atoms with Crippen molar-refractivity contribution in [3.05, 3.63) is 35.9 Å². The Morgan fingerprint density at radius 3 is 2.54 bits per heavy atom. The lowest BCUT2D eigenvalue weighted by Gasteiger charge is -2.12. The molecule has 3 heteroatoms. The molecule has 0 fully saturated rings. The lowest BCUT2D eigenvalue weighted by atomic mass is 10.1. The van der Waals surface area contributed by atoms with E-state index < -0.39 is 0 Å². The fraction of sp³-hybridized carbons (Fsp3) is 0.400. The van der Waals surface area contributed by atoms with E-state index in [2.05, 4.69) is 24.9 Å². The van der Waals surface area contributed by atoms with Crippen LogP contribution in [0.1, 0.15) is 17.4 Å². The third-order valence-corrected chi connectivity index (χ3v) is 2.54. The Balaban J connectivity index is 2.44. The number of hydrogen-bond donors (Lipinski definition) is 1. The summed E-state index contributed by atoms with van der Waals surface area (Å²) in [5.41, 5.74) is 1.18. The van der Waals surface area contributed by atoms with Gasteiger partial charge in [-0.1, -0.05) is 43.1 Å². The molecular formula is C10H14ClNS. The van der Waals surface area contributed by atoms with Crippen LogP contribution in [0.4, 0.5) is 0 Å². The molecule has 0 amide bonds. The van der Waals surface area contributed by atoms with Gasteiger partial charge in [0, 0.05) is 6.54 Å². The van der Waals surface area contributed by atoms with Gasteiger partial charge in [-0.3, -0.25) is 4.31 Å². The Kier molecular flexibility index (Phi) is 4.64. The molecule has 0 aliphatic heterocycles. The number of nitrogens with zero attached hydrogens (tertiary/aromatic N) is 1. The maximum atomic E-state index is 6.19. The average Bonchev–Trinajstić information content (AvgIpc) is 2.15. The van der Waals surface area contributed by atoms with Crippen LogP contribution in [-0.2, 0) is 0 Å². The molecule has 0 radical (unpaired) electrons. The monoisotopic (exact) mass is 215 g/mol. The van der Waals surface area contributed by atoms with Crippen LogP contribution in [0.5, 0.6) is 0 Å². The van der Waals surface area contributed by atoms with E-state index in [-0.39, 0.29) is 5.38 Å². The van der Waals surface area contributed by atoms with Crippen molar-refractivity contribution in [1.29, 1.82) is 0 Å². The van der Waals surface area contributed by atoms with E-state index in [4.69, 9.17) is 11.6 Å². The third kappa shape index (κ3) is 4.03. The number of alkyl halides is 1. The van der Waals surface area contributed by atoms with Crippen molar-refractivity contribution in [2.75, 3.05) is 13.6 Å². The molecule has 1 unspecified atom stereocenters. The van der Waals surface area contributed by atoms with E-state index in [1.165, 1.54) is 5.56 Å². The fourth-order valence-electron chi connectivity index (χ4n) is 1.13. The molecule has 0 aromatic heterocycles. The molecule has 0 aliphatic rings. The minimum Gasteiger partial charge on any atom is -0.256 e. The second-order valence-electron chi connectivity index (χ2n) is 3.05. The standard InChI is InChI=1S/C10H14ClNS/c1-12(13)8-7-10(11)9-5-3-2-4-6-9/h2-6,10,13H,7-8H2,1H3. The molecule has 0 spiro atoms. The van der Waals surface area contributed by atoms with E-state index in [9.17, 15) is 0 Å². The summed E-state index contributed by atoms with van der Waals surface area (Å²) >= 11 is 10.3. The SMILES string of the molecule is CN(S)CCC(Cl)c1ccccc1. The molecule has 1 aromatic carbocycles. The normalized spacial score (nSPS) is 13.2. The van der Waals surface area contributed by atoms with Gasteiger partial charge in [0.25, 0.3) is 0 Å². The summed E-state index contributed by atoms with van der Waals surface area (Å²) in [5.74, 6) is 0. The second-order valence-corrected chi connectivity index (χ2v) is 4.26. The maximum absolute atomic E-state index is 6.19. The maximum Gasteiger partial charge on any atom is 0.0597 e. The molecule has 13 heavy (non-hydrogen) atoms. The Morgan fingerprint density at radius 2 is 2.00 bits per heavy atom. The molecule has 1 rings (SSSR count). The van der Waals surface area contributed by atoms with E-state index >= 15 is 0 Å². The molecule has 0 heterocycles. The van der Waals surface area contributed by atoms with Crippen molar-refractivity contribution in [3.8, 4) is 0 Å². The summed E-state index contributed by atoms with van der Waals surface area (Å²) in [7, 11) is 1.93. The number of rotatable bonds is 4. The second kappa shape index (κ2) is 5.53.